The van der Waals surface area contributed by atoms with Crippen molar-refractivity contribution in [2.45, 2.75) is 19.3 Å². The maximum Gasteiger partial charge on any atom is 0.161 e. The van der Waals surface area contributed by atoms with Gasteiger partial charge in [-0.1, -0.05) is 105 Å². The third-order valence-corrected chi connectivity index (χ3v) is 8.77. The standard InChI is InChI=1S/C37H25N3O/c1-37(2)28-17-9-6-16-25(28)33-34(37)38-35(22-12-4-3-5-13-22)39-36(33)40-29-18-10-7-14-23(29)26-21-32-27(20-30(26)40)24-15-8-11-19-31(24)41-32/h3-21H,1-2H3. The number of aromatic nitrogens is 3. The molecule has 41 heavy (non-hydrogen) atoms. The van der Waals surface area contributed by atoms with Gasteiger partial charge in [-0.15, -0.1) is 0 Å². The van der Waals surface area contributed by atoms with E-state index in [4.69, 9.17) is 14.4 Å². The molecule has 3 heterocycles. The Bertz CT molecular complexity index is 2340. The van der Waals surface area contributed by atoms with Crippen molar-refractivity contribution in [1.29, 1.82) is 0 Å². The van der Waals surface area contributed by atoms with Gasteiger partial charge in [0.2, 0.25) is 0 Å². The number of hydrogen-bond acceptors (Lipinski definition) is 3. The third kappa shape index (κ3) is 2.99. The van der Waals surface area contributed by atoms with E-state index in [2.05, 4.69) is 103 Å². The summed E-state index contributed by atoms with van der Waals surface area (Å²) in [5, 5.41) is 4.53. The minimum Gasteiger partial charge on any atom is -0.456 e. The Hall–Kier alpha value is -5.22. The summed E-state index contributed by atoms with van der Waals surface area (Å²) in [5.74, 6) is 1.64. The van der Waals surface area contributed by atoms with Crippen LogP contribution in [0.5, 0.6) is 0 Å². The number of hydrogen-bond donors (Lipinski definition) is 0. The van der Waals surface area contributed by atoms with Gasteiger partial charge in [-0.3, -0.25) is 4.57 Å². The molecule has 5 aromatic carbocycles. The van der Waals surface area contributed by atoms with E-state index < -0.39 is 0 Å². The lowest BCUT2D eigenvalue weighted by atomic mass is 9.85. The average Bonchev–Trinajstić information content (AvgIpc) is 3.62. The van der Waals surface area contributed by atoms with Gasteiger partial charge < -0.3 is 4.42 Å². The topological polar surface area (TPSA) is 43.9 Å². The zero-order valence-corrected chi connectivity index (χ0v) is 22.7. The SMILES string of the molecule is CC1(C)c2ccccc2-c2c(-n3c4ccccc4c4cc5oc6ccccc6c5cc43)nc(-c3ccccc3)nc21. The second kappa shape index (κ2) is 7.92. The number of para-hydroxylation sites is 2. The third-order valence-electron chi connectivity index (χ3n) is 8.77. The van der Waals surface area contributed by atoms with Crippen molar-refractivity contribution >= 4 is 43.7 Å². The first kappa shape index (κ1) is 22.6. The van der Waals surface area contributed by atoms with Gasteiger partial charge in [0.1, 0.15) is 17.0 Å². The zero-order valence-electron chi connectivity index (χ0n) is 22.7. The molecule has 0 bridgehead atoms. The minimum absolute atomic E-state index is 0.264. The van der Waals surface area contributed by atoms with E-state index >= 15 is 0 Å². The summed E-state index contributed by atoms with van der Waals surface area (Å²) in [7, 11) is 0. The molecule has 9 rings (SSSR count). The molecule has 1 aliphatic carbocycles. The molecule has 4 heteroatoms. The number of fused-ring (bicyclic) bond motifs is 9. The Balaban J connectivity index is 1.48. The highest BCUT2D eigenvalue weighted by Crippen LogP contribution is 2.51. The Labute approximate surface area is 236 Å². The van der Waals surface area contributed by atoms with Crippen LogP contribution in [0.1, 0.15) is 25.1 Å². The van der Waals surface area contributed by atoms with Gasteiger partial charge in [-0.2, -0.15) is 0 Å². The zero-order chi connectivity index (χ0) is 27.3. The fourth-order valence-electron chi connectivity index (χ4n) is 6.82. The van der Waals surface area contributed by atoms with Crippen molar-refractivity contribution in [3.05, 3.63) is 127 Å². The van der Waals surface area contributed by atoms with Gasteiger partial charge >= 0.3 is 0 Å². The number of nitrogens with zero attached hydrogens (tertiary/aromatic N) is 3. The van der Waals surface area contributed by atoms with Crippen LogP contribution in [0.15, 0.2) is 120 Å². The van der Waals surface area contributed by atoms with Crippen molar-refractivity contribution in [1.82, 2.24) is 14.5 Å². The van der Waals surface area contributed by atoms with Crippen molar-refractivity contribution in [3.63, 3.8) is 0 Å². The van der Waals surface area contributed by atoms with Gasteiger partial charge in [-0.25, -0.2) is 9.97 Å². The molecule has 0 amide bonds. The van der Waals surface area contributed by atoms with Crippen LogP contribution in [-0.4, -0.2) is 14.5 Å². The van der Waals surface area contributed by atoms with Gasteiger partial charge in [0.15, 0.2) is 5.82 Å². The summed E-state index contributed by atoms with van der Waals surface area (Å²) in [6, 6.07) is 40.3. The molecule has 0 unspecified atom stereocenters. The van der Waals surface area contributed by atoms with Crippen LogP contribution < -0.4 is 0 Å². The van der Waals surface area contributed by atoms with Crippen LogP contribution in [-0.2, 0) is 5.41 Å². The first-order valence-electron chi connectivity index (χ1n) is 14.0. The summed E-state index contributed by atoms with van der Waals surface area (Å²) < 4.78 is 8.66. The Morgan fingerprint density at radius 3 is 2.22 bits per heavy atom. The molecular weight excluding hydrogens is 502 g/mol. The van der Waals surface area contributed by atoms with E-state index in [-0.39, 0.29) is 5.41 Å². The highest BCUT2D eigenvalue weighted by atomic mass is 16.3. The molecule has 8 aromatic rings. The smallest absolute Gasteiger partial charge is 0.161 e. The summed E-state index contributed by atoms with van der Waals surface area (Å²) in [6.07, 6.45) is 0. The second-order valence-corrected chi connectivity index (χ2v) is 11.4. The van der Waals surface area contributed by atoms with Crippen molar-refractivity contribution in [2.75, 3.05) is 0 Å². The van der Waals surface area contributed by atoms with E-state index in [0.717, 1.165) is 66.8 Å². The first-order chi connectivity index (χ1) is 20.1. The maximum atomic E-state index is 6.31. The average molecular weight is 528 g/mol. The summed E-state index contributed by atoms with van der Waals surface area (Å²) in [5.41, 5.74) is 9.39. The van der Waals surface area contributed by atoms with Crippen LogP contribution in [0.3, 0.4) is 0 Å². The lowest BCUT2D eigenvalue weighted by Gasteiger charge is -2.21. The van der Waals surface area contributed by atoms with E-state index in [0.29, 0.717) is 0 Å². The molecule has 194 valence electrons. The van der Waals surface area contributed by atoms with Crippen LogP contribution in [0.4, 0.5) is 0 Å². The monoisotopic (exact) mass is 527 g/mol. The maximum absolute atomic E-state index is 6.31. The van der Waals surface area contributed by atoms with Gasteiger partial charge in [-0.05, 0) is 35.4 Å². The number of furan rings is 1. The van der Waals surface area contributed by atoms with E-state index in [1.54, 1.807) is 0 Å². The number of rotatable bonds is 2. The highest BCUT2D eigenvalue weighted by Gasteiger charge is 2.40. The predicted octanol–water partition coefficient (Wildman–Crippen LogP) is 9.45. The van der Waals surface area contributed by atoms with Crippen LogP contribution in [0.25, 0.3) is 72.1 Å². The normalized spacial score (nSPS) is 13.8. The van der Waals surface area contributed by atoms with Gasteiger partial charge in [0.25, 0.3) is 0 Å². The fraction of sp³-hybridized carbons (Fsp3) is 0.0811. The van der Waals surface area contributed by atoms with Crippen molar-refractivity contribution in [3.8, 4) is 28.3 Å². The molecule has 0 atom stereocenters. The molecule has 0 spiro atoms. The second-order valence-electron chi connectivity index (χ2n) is 11.4. The summed E-state index contributed by atoms with van der Waals surface area (Å²) in [4.78, 5) is 10.6. The minimum atomic E-state index is -0.264. The van der Waals surface area contributed by atoms with E-state index in [9.17, 15) is 0 Å². The number of benzene rings is 5. The molecule has 0 N–H and O–H groups in total. The van der Waals surface area contributed by atoms with Crippen LogP contribution in [0.2, 0.25) is 0 Å². The summed E-state index contributed by atoms with van der Waals surface area (Å²) in [6.45, 7) is 4.55. The van der Waals surface area contributed by atoms with Crippen molar-refractivity contribution < 1.29 is 4.42 Å². The molecule has 4 nitrogen and oxygen atoms in total. The summed E-state index contributed by atoms with van der Waals surface area (Å²) >= 11 is 0. The Kier molecular flexibility index (Phi) is 4.36. The van der Waals surface area contributed by atoms with Crippen LogP contribution >= 0.6 is 0 Å². The quantitative estimate of drug-likeness (QED) is 0.225. The molecule has 1 aliphatic rings. The largest absolute Gasteiger partial charge is 0.456 e. The van der Waals surface area contributed by atoms with E-state index in [1.165, 1.54) is 16.5 Å². The lowest BCUT2D eigenvalue weighted by Crippen LogP contribution is -2.18. The molecule has 3 aromatic heterocycles. The molecule has 0 aliphatic heterocycles. The highest BCUT2D eigenvalue weighted by molar-refractivity contribution is 6.17. The van der Waals surface area contributed by atoms with Gasteiger partial charge in [0.05, 0.1) is 16.7 Å². The molecular formula is C37H25N3O. The molecule has 0 fully saturated rings. The van der Waals surface area contributed by atoms with Crippen LogP contribution in [0, 0.1) is 0 Å². The Morgan fingerprint density at radius 1 is 0.610 bits per heavy atom. The molecule has 0 saturated carbocycles. The Morgan fingerprint density at radius 2 is 1.34 bits per heavy atom. The first-order valence-corrected chi connectivity index (χ1v) is 14.0. The van der Waals surface area contributed by atoms with Gasteiger partial charge in [0, 0.05) is 38.1 Å². The lowest BCUT2D eigenvalue weighted by molar-refractivity contribution is 0.635. The molecule has 0 radical (unpaired) electrons. The molecule has 0 saturated heterocycles. The predicted molar refractivity (Wildman–Crippen MR) is 167 cm³/mol. The van der Waals surface area contributed by atoms with E-state index in [1.807, 2.05) is 30.3 Å². The fourth-order valence-corrected chi connectivity index (χ4v) is 6.82. The van der Waals surface area contributed by atoms with Crippen molar-refractivity contribution in [2.24, 2.45) is 0 Å².